The van der Waals surface area contributed by atoms with Crippen LogP contribution in [0.3, 0.4) is 0 Å². The van der Waals surface area contributed by atoms with Crippen molar-refractivity contribution in [3.8, 4) is 0 Å². The fourth-order valence-electron chi connectivity index (χ4n) is 6.86. The molecular weight excluding hydrogens is 350 g/mol. The van der Waals surface area contributed by atoms with Crippen molar-refractivity contribution in [1.29, 1.82) is 0 Å². The van der Waals surface area contributed by atoms with Gasteiger partial charge in [0, 0.05) is 12.5 Å². The van der Waals surface area contributed by atoms with Crippen molar-refractivity contribution in [3.63, 3.8) is 0 Å². The summed E-state index contributed by atoms with van der Waals surface area (Å²) in [4.78, 5) is 24.6. The van der Waals surface area contributed by atoms with Gasteiger partial charge in [0.15, 0.2) is 0 Å². The molecular formula is C20H34ClN3O2. The average molecular weight is 384 g/mol. The number of hydrogen-bond acceptors (Lipinski definition) is 3. The predicted octanol–water partition coefficient (Wildman–Crippen LogP) is 2.37. The zero-order chi connectivity index (χ0) is 17.4. The molecule has 6 heteroatoms. The molecule has 0 aliphatic heterocycles. The highest BCUT2D eigenvalue weighted by molar-refractivity contribution is 5.85. The Hall–Kier alpha value is -0.810. The van der Waals surface area contributed by atoms with Crippen LogP contribution in [-0.2, 0) is 9.59 Å². The van der Waals surface area contributed by atoms with E-state index in [1.54, 1.807) is 0 Å². The third kappa shape index (κ3) is 4.19. The Bertz CT molecular complexity index is 504. The highest BCUT2D eigenvalue weighted by Gasteiger charge is 2.51. The van der Waals surface area contributed by atoms with Gasteiger partial charge in [-0.05, 0) is 87.0 Å². The van der Waals surface area contributed by atoms with Gasteiger partial charge in [0.2, 0.25) is 11.8 Å². The Kier molecular flexibility index (Phi) is 6.18. The molecule has 2 unspecified atom stereocenters. The zero-order valence-electron chi connectivity index (χ0n) is 15.7. The normalized spacial score (nSPS) is 40.1. The molecule has 0 saturated heterocycles. The molecule has 0 aromatic carbocycles. The molecule has 0 radical (unpaired) electrons. The number of amides is 2. The molecule has 5 nitrogen and oxygen atoms in total. The summed E-state index contributed by atoms with van der Waals surface area (Å²) in [6.07, 6.45) is 11.8. The van der Waals surface area contributed by atoms with Crippen molar-refractivity contribution >= 4 is 24.2 Å². The van der Waals surface area contributed by atoms with Crippen molar-refractivity contribution in [2.75, 3.05) is 13.1 Å². The van der Waals surface area contributed by atoms with Crippen LogP contribution in [0.2, 0.25) is 0 Å². The van der Waals surface area contributed by atoms with Crippen molar-refractivity contribution in [3.05, 3.63) is 0 Å². The summed E-state index contributed by atoms with van der Waals surface area (Å²) in [5, 5.41) is 5.94. The summed E-state index contributed by atoms with van der Waals surface area (Å²) in [5.41, 5.74) is 6.01. The van der Waals surface area contributed by atoms with Gasteiger partial charge in [0.25, 0.3) is 0 Å². The number of hydrogen-bond donors (Lipinski definition) is 3. The lowest BCUT2D eigenvalue weighted by Gasteiger charge is -2.56. The summed E-state index contributed by atoms with van der Waals surface area (Å²) >= 11 is 0. The van der Waals surface area contributed by atoms with Gasteiger partial charge >= 0.3 is 0 Å². The van der Waals surface area contributed by atoms with Gasteiger partial charge in [-0.2, -0.15) is 0 Å². The van der Waals surface area contributed by atoms with E-state index in [0.717, 1.165) is 37.0 Å². The average Bonchev–Trinajstić information content (AvgIpc) is 2.98. The minimum absolute atomic E-state index is 0. The van der Waals surface area contributed by atoms with Crippen molar-refractivity contribution in [1.82, 2.24) is 10.6 Å². The molecule has 4 bridgehead atoms. The number of carbonyl (C=O) groups is 2. The van der Waals surface area contributed by atoms with E-state index < -0.39 is 0 Å². The van der Waals surface area contributed by atoms with E-state index in [1.807, 2.05) is 0 Å². The van der Waals surface area contributed by atoms with Crippen LogP contribution < -0.4 is 16.4 Å². The largest absolute Gasteiger partial charge is 0.352 e. The molecule has 0 heterocycles. The number of nitrogens with two attached hydrogens (primary N) is 1. The zero-order valence-corrected chi connectivity index (χ0v) is 16.5. The monoisotopic (exact) mass is 383 g/mol. The van der Waals surface area contributed by atoms with Gasteiger partial charge in [-0.3, -0.25) is 9.59 Å². The van der Waals surface area contributed by atoms with Crippen molar-refractivity contribution in [2.45, 2.75) is 70.3 Å². The molecule has 5 fully saturated rings. The summed E-state index contributed by atoms with van der Waals surface area (Å²) in [6.45, 7) is 0.738. The Balaban J connectivity index is 0.00000196. The van der Waals surface area contributed by atoms with E-state index in [-0.39, 0.29) is 42.2 Å². The summed E-state index contributed by atoms with van der Waals surface area (Å²) in [7, 11) is 0. The van der Waals surface area contributed by atoms with Crippen molar-refractivity contribution < 1.29 is 9.59 Å². The van der Waals surface area contributed by atoms with Gasteiger partial charge in [-0.1, -0.05) is 6.42 Å². The fourth-order valence-corrected chi connectivity index (χ4v) is 6.86. The molecule has 5 aliphatic carbocycles. The van der Waals surface area contributed by atoms with E-state index in [9.17, 15) is 9.59 Å². The summed E-state index contributed by atoms with van der Waals surface area (Å²) in [6, 6.07) is 0.192. The molecule has 5 saturated carbocycles. The van der Waals surface area contributed by atoms with Gasteiger partial charge in [-0.25, -0.2) is 0 Å². The molecule has 26 heavy (non-hydrogen) atoms. The first-order valence-electron chi connectivity index (χ1n) is 10.3. The maximum atomic E-state index is 12.5. The second kappa shape index (κ2) is 8.05. The molecule has 0 spiro atoms. The summed E-state index contributed by atoms with van der Waals surface area (Å²) < 4.78 is 0. The van der Waals surface area contributed by atoms with Crippen LogP contribution in [-0.4, -0.2) is 30.9 Å². The van der Waals surface area contributed by atoms with Crippen LogP contribution in [0.15, 0.2) is 0 Å². The van der Waals surface area contributed by atoms with Gasteiger partial charge < -0.3 is 16.4 Å². The number of rotatable bonds is 6. The smallest absolute Gasteiger partial charge is 0.239 e. The highest BCUT2D eigenvalue weighted by atomic mass is 35.5. The van der Waals surface area contributed by atoms with E-state index in [0.29, 0.717) is 18.9 Å². The highest BCUT2D eigenvalue weighted by Crippen LogP contribution is 2.61. The van der Waals surface area contributed by atoms with Gasteiger partial charge in [0.05, 0.1) is 6.54 Å². The molecule has 5 rings (SSSR count). The number of halogens is 1. The molecule has 4 N–H and O–H groups in total. The number of carbonyl (C=O) groups excluding carboxylic acids is 2. The first-order valence-corrected chi connectivity index (χ1v) is 10.3. The van der Waals surface area contributed by atoms with Crippen molar-refractivity contribution in [2.24, 2.45) is 34.8 Å². The van der Waals surface area contributed by atoms with E-state index in [1.165, 1.54) is 38.5 Å². The van der Waals surface area contributed by atoms with Crippen LogP contribution >= 0.6 is 12.4 Å². The molecule has 2 amide bonds. The van der Waals surface area contributed by atoms with E-state index in [2.05, 4.69) is 10.6 Å². The van der Waals surface area contributed by atoms with Crippen LogP contribution in [0.25, 0.3) is 0 Å². The third-order valence-corrected chi connectivity index (χ3v) is 7.45. The molecule has 2 atom stereocenters. The molecule has 0 aromatic heterocycles. The second-order valence-corrected chi connectivity index (χ2v) is 9.47. The van der Waals surface area contributed by atoms with Crippen LogP contribution in [0, 0.1) is 29.1 Å². The van der Waals surface area contributed by atoms with E-state index >= 15 is 0 Å². The van der Waals surface area contributed by atoms with Crippen LogP contribution in [0.5, 0.6) is 0 Å². The standard InChI is InChI=1S/C20H33N3O2.ClH/c21-11-16-2-1-3-17(16)23-19(25)12-22-18(24)10-20-7-13-4-14(8-20)6-15(5-13)9-20;/h13-17H,1-12,21H2,(H,22,24)(H,23,25);1H. The Morgan fingerprint density at radius 3 is 2.15 bits per heavy atom. The Labute approximate surface area is 163 Å². The SMILES string of the molecule is Cl.NCC1CCCC1NC(=O)CNC(=O)CC12CC3CC(CC(C3)C1)C2. The molecule has 148 valence electrons. The maximum absolute atomic E-state index is 12.5. The lowest BCUT2D eigenvalue weighted by Crippen LogP contribution is -2.49. The second-order valence-electron chi connectivity index (χ2n) is 9.47. The first kappa shape index (κ1) is 19.9. The Morgan fingerprint density at radius 2 is 1.58 bits per heavy atom. The lowest BCUT2D eigenvalue weighted by molar-refractivity contribution is -0.132. The first-order chi connectivity index (χ1) is 12.0. The fraction of sp³-hybridized carbons (Fsp3) is 0.900. The Morgan fingerprint density at radius 1 is 0.962 bits per heavy atom. The lowest BCUT2D eigenvalue weighted by atomic mass is 9.49. The van der Waals surface area contributed by atoms with E-state index in [4.69, 9.17) is 5.73 Å². The summed E-state index contributed by atoms with van der Waals surface area (Å²) in [5.74, 6) is 2.98. The maximum Gasteiger partial charge on any atom is 0.239 e. The molecule has 5 aliphatic rings. The molecule has 0 aromatic rings. The third-order valence-electron chi connectivity index (χ3n) is 7.45. The predicted molar refractivity (Wildman–Crippen MR) is 104 cm³/mol. The van der Waals surface area contributed by atoms with Gasteiger partial charge in [0.1, 0.15) is 0 Å². The van der Waals surface area contributed by atoms with Crippen LogP contribution in [0.1, 0.15) is 64.2 Å². The minimum atomic E-state index is -0.0655. The van der Waals surface area contributed by atoms with Gasteiger partial charge in [-0.15, -0.1) is 12.4 Å². The quantitative estimate of drug-likeness (QED) is 0.658. The minimum Gasteiger partial charge on any atom is -0.352 e. The number of nitrogens with one attached hydrogen (secondary N) is 2. The van der Waals surface area contributed by atoms with Crippen LogP contribution in [0.4, 0.5) is 0 Å². The topological polar surface area (TPSA) is 84.2 Å².